The molecule has 0 fully saturated rings. The molecule has 210 valence electrons. The summed E-state index contributed by atoms with van der Waals surface area (Å²) >= 11 is 1.12. The van der Waals surface area contributed by atoms with Crippen molar-refractivity contribution < 1.29 is 18.8 Å². The van der Waals surface area contributed by atoms with E-state index >= 15 is 0 Å². The van der Waals surface area contributed by atoms with E-state index in [1.165, 1.54) is 12.1 Å². The van der Waals surface area contributed by atoms with Crippen LogP contribution in [0, 0.1) is 5.82 Å². The van der Waals surface area contributed by atoms with Crippen LogP contribution in [0.5, 0.6) is 0 Å². The van der Waals surface area contributed by atoms with Gasteiger partial charge < -0.3 is 26.6 Å². The van der Waals surface area contributed by atoms with Gasteiger partial charge >= 0.3 is 6.03 Å². The van der Waals surface area contributed by atoms with Gasteiger partial charge in [0, 0.05) is 31.1 Å². The number of nitrogens with zero attached hydrogens (tertiary/aromatic N) is 1. The Morgan fingerprint density at radius 3 is 2.50 bits per heavy atom. The Morgan fingerprint density at radius 2 is 1.80 bits per heavy atom. The summed E-state index contributed by atoms with van der Waals surface area (Å²) in [6.07, 6.45) is 0. The lowest BCUT2D eigenvalue weighted by Crippen LogP contribution is -2.54. The molecule has 1 aliphatic rings. The highest BCUT2D eigenvalue weighted by Crippen LogP contribution is 2.33. The van der Waals surface area contributed by atoms with Crippen molar-refractivity contribution in [1.29, 1.82) is 0 Å². The first-order valence-corrected chi connectivity index (χ1v) is 14.0. The van der Waals surface area contributed by atoms with E-state index in [-0.39, 0.29) is 18.5 Å². The summed E-state index contributed by atoms with van der Waals surface area (Å²) in [7, 11) is 0. The number of urea groups is 1. The van der Waals surface area contributed by atoms with Gasteiger partial charge in [-0.1, -0.05) is 66.4 Å². The lowest BCUT2D eigenvalue weighted by Gasteiger charge is -2.27. The zero-order chi connectivity index (χ0) is 28.9. The highest BCUT2D eigenvalue weighted by Gasteiger charge is 2.34. The third-order valence-corrected chi connectivity index (χ3v) is 7.64. The molecule has 3 aromatic carbocycles. The van der Waals surface area contributed by atoms with Gasteiger partial charge in [-0.3, -0.25) is 9.59 Å². The van der Waals surface area contributed by atoms with Crippen LogP contribution in [-0.4, -0.2) is 40.2 Å². The first-order chi connectivity index (χ1) is 19.0. The molecule has 0 saturated carbocycles. The molecule has 5 N–H and O–H groups in total. The molecule has 0 bridgehead atoms. The summed E-state index contributed by atoms with van der Waals surface area (Å²) in [6, 6.07) is 19.9. The standard InChI is InChI=1S/C30H34FN5O3S/c1-4-33-29(39)34-16-21-7-5-6-8-24(21)20-11-9-19(10-12-20)17-36-18-22-13-14-23(31)15-25(22)40-26(27(36)37)35-28(38)30(2,3)32/h5-15,26H,4,16-18,32H2,1-3H3,(H,35,38)(H2,33,34,39)/t26-/m1/s1. The van der Waals surface area contributed by atoms with Gasteiger partial charge in [-0.05, 0) is 60.7 Å². The zero-order valence-corrected chi connectivity index (χ0v) is 23.6. The molecule has 10 heteroatoms. The number of amides is 4. The van der Waals surface area contributed by atoms with Gasteiger partial charge in [0.05, 0.1) is 5.54 Å². The van der Waals surface area contributed by atoms with Crippen LogP contribution in [0.3, 0.4) is 0 Å². The lowest BCUT2D eigenvalue weighted by molar-refractivity contribution is -0.135. The quantitative estimate of drug-likeness (QED) is 0.329. The Bertz CT molecular complexity index is 1390. The summed E-state index contributed by atoms with van der Waals surface area (Å²) in [5.74, 6) is -1.17. The SMILES string of the molecule is CCNC(=O)NCc1ccccc1-c1ccc(CN2Cc3ccc(F)cc3S[C@@H](NC(=O)C(C)(C)N)C2=O)cc1. The molecule has 0 saturated heterocycles. The van der Waals surface area contributed by atoms with Crippen molar-refractivity contribution in [1.82, 2.24) is 20.9 Å². The maximum Gasteiger partial charge on any atom is 0.315 e. The van der Waals surface area contributed by atoms with Crippen LogP contribution in [0.25, 0.3) is 11.1 Å². The number of hydrogen-bond donors (Lipinski definition) is 4. The Kier molecular flexibility index (Phi) is 9.11. The Hall–Kier alpha value is -3.89. The van der Waals surface area contributed by atoms with Crippen LogP contribution in [-0.2, 0) is 29.2 Å². The molecule has 0 radical (unpaired) electrons. The number of hydrogen-bond acceptors (Lipinski definition) is 5. The average Bonchev–Trinajstić information content (AvgIpc) is 3.04. The Morgan fingerprint density at radius 1 is 1.07 bits per heavy atom. The molecular formula is C30H34FN5O3S. The monoisotopic (exact) mass is 563 g/mol. The van der Waals surface area contributed by atoms with Crippen LogP contribution in [0.4, 0.5) is 9.18 Å². The van der Waals surface area contributed by atoms with Crippen molar-refractivity contribution >= 4 is 29.6 Å². The van der Waals surface area contributed by atoms with Crippen LogP contribution in [0.2, 0.25) is 0 Å². The molecule has 1 aliphatic heterocycles. The second-order valence-electron chi connectivity index (χ2n) is 10.2. The summed E-state index contributed by atoms with van der Waals surface area (Å²) in [5, 5.41) is 7.39. The topological polar surface area (TPSA) is 117 Å². The molecule has 0 aromatic heterocycles. The number of nitrogens with two attached hydrogens (primary N) is 1. The smallest absolute Gasteiger partial charge is 0.315 e. The largest absolute Gasteiger partial charge is 0.338 e. The summed E-state index contributed by atoms with van der Waals surface area (Å²) in [6.45, 7) is 6.50. The maximum atomic E-state index is 14.0. The fraction of sp³-hybridized carbons (Fsp3) is 0.300. The van der Waals surface area contributed by atoms with Crippen LogP contribution >= 0.6 is 11.8 Å². The van der Waals surface area contributed by atoms with Crippen LogP contribution in [0.15, 0.2) is 71.6 Å². The van der Waals surface area contributed by atoms with E-state index < -0.39 is 22.6 Å². The summed E-state index contributed by atoms with van der Waals surface area (Å²) < 4.78 is 14.0. The first-order valence-electron chi connectivity index (χ1n) is 13.1. The zero-order valence-electron chi connectivity index (χ0n) is 22.8. The van der Waals surface area contributed by atoms with Gasteiger partial charge in [-0.15, -0.1) is 0 Å². The molecule has 0 unspecified atom stereocenters. The van der Waals surface area contributed by atoms with E-state index in [0.29, 0.717) is 24.5 Å². The molecule has 0 spiro atoms. The molecule has 4 rings (SSSR count). The second-order valence-corrected chi connectivity index (χ2v) is 11.4. The summed E-state index contributed by atoms with van der Waals surface area (Å²) in [4.78, 5) is 40.3. The number of thioether (sulfide) groups is 1. The minimum Gasteiger partial charge on any atom is -0.338 e. The molecule has 1 heterocycles. The Labute approximate surface area is 237 Å². The van der Waals surface area contributed by atoms with Crippen molar-refractivity contribution in [2.75, 3.05) is 6.54 Å². The van der Waals surface area contributed by atoms with Crippen molar-refractivity contribution in [3.8, 4) is 11.1 Å². The van der Waals surface area contributed by atoms with E-state index in [2.05, 4.69) is 16.0 Å². The number of carbonyl (C=O) groups excluding carboxylic acids is 3. The molecule has 3 aromatic rings. The van der Waals surface area contributed by atoms with Crippen molar-refractivity contribution in [2.24, 2.45) is 5.73 Å². The number of rotatable bonds is 8. The van der Waals surface area contributed by atoms with Crippen molar-refractivity contribution in [3.63, 3.8) is 0 Å². The van der Waals surface area contributed by atoms with Gasteiger partial charge in [0.25, 0.3) is 5.91 Å². The number of halogens is 1. The second kappa shape index (κ2) is 12.5. The van der Waals surface area contributed by atoms with E-state index in [0.717, 1.165) is 39.6 Å². The highest BCUT2D eigenvalue weighted by atomic mass is 32.2. The highest BCUT2D eigenvalue weighted by molar-refractivity contribution is 8.00. The third kappa shape index (κ3) is 7.19. The van der Waals surface area contributed by atoms with Crippen molar-refractivity contribution in [3.05, 3.63) is 89.2 Å². The van der Waals surface area contributed by atoms with Crippen LogP contribution in [0.1, 0.15) is 37.5 Å². The van der Waals surface area contributed by atoms with Crippen LogP contribution < -0.4 is 21.7 Å². The Balaban J connectivity index is 1.55. The van der Waals surface area contributed by atoms with E-state index in [9.17, 15) is 18.8 Å². The minimum absolute atomic E-state index is 0.221. The molecule has 1 atom stereocenters. The average molecular weight is 564 g/mol. The fourth-order valence-electron chi connectivity index (χ4n) is 4.29. The predicted octanol–water partition coefficient (Wildman–Crippen LogP) is 4.13. The van der Waals surface area contributed by atoms with Crippen molar-refractivity contribution in [2.45, 2.75) is 56.2 Å². The molecular weight excluding hydrogens is 529 g/mol. The normalized spacial score (nSPS) is 15.2. The number of nitrogens with one attached hydrogen (secondary N) is 3. The van der Waals surface area contributed by atoms with E-state index in [1.807, 2.05) is 55.5 Å². The minimum atomic E-state index is -1.18. The van der Waals surface area contributed by atoms with Gasteiger partial charge in [0.1, 0.15) is 5.82 Å². The predicted molar refractivity (Wildman–Crippen MR) is 154 cm³/mol. The third-order valence-electron chi connectivity index (χ3n) is 6.45. The lowest BCUT2D eigenvalue weighted by atomic mass is 9.98. The molecule has 40 heavy (non-hydrogen) atoms. The molecule has 4 amide bonds. The first kappa shape index (κ1) is 29.1. The fourth-order valence-corrected chi connectivity index (χ4v) is 5.42. The maximum absolute atomic E-state index is 14.0. The van der Waals surface area contributed by atoms with E-state index in [4.69, 9.17) is 5.73 Å². The number of fused-ring (bicyclic) bond motifs is 1. The summed E-state index contributed by atoms with van der Waals surface area (Å²) in [5.41, 5.74) is 9.42. The number of benzene rings is 3. The number of carbonyl (C=O) groups is 3. The van der Waals surface area contributed by atoms with Gasteiger partial charge in [0.2, 0.25) is 5.91 Å². The van der Waals surface area contributed by atoms with E-state index in [1.54, 1.807) is 24.8 Å². The molecule has 0 aliphatic carbocycles. The van der Waals surface area contributed by atoms with Gasteiger partial charge in [0.15, 0.2) is 5.37 Å². The van der Waals surface area contributed by atoms with Gasteiger partial charge in [-0.2, -0.15) is 0 Å². The van der Waals surface area contributed by atoms with Gasteiger partial charge in [-0.25, -0.2) is 9.18 Å². The molecule has 8 nitrogen and oxygen atoms in total.